The van der Waals surface area contributed by atoms with E-state index in [0.717, 1.165) is 12.4 Å². The van der Waals surface area contributed by atoms with Gasteiger partial charge in [0, 0.05) is 11.5 Å². The Morgan fingerprint density at radius 3 is 2.16 bits per heavy atom. The predicted molar refractivity (Wildman–Crippen MR) is 106 cm³/mol. The zero-order valence-corrected chi connectivity index (χ0v) is 16.1. The molecule has 2 heteroatoms. The minimum atomic E-state index is -0.00415. The first-order valence-corrected chi connectivity index (χ1v) is 9.47. The number of hydrogen-bond acceptors (Lipinski definition) is 2. The maximum atomic E-state index is 6.06. The van der Waals surface area contributed by atoms with E-state index in [0.29, 0.717) is 6.04 Å². The molecule has 0 N–H and O–H groups in total. The van der Waals surface area contributed by atoms with E-state index >= 15 is 0 Å². The van der Waals surface area contributed by atoms with Gasteiger partial charge in [0.05, 0.1) is 0 Å². The van der Waals surface area contributed by atoms with Crippen LogP contribution in [0.25, 0.3) is 0 Å². The summed E-state index contributed by atoms with van der Waals surface area (Å²) in [5, 5.41) is 0. The Kier molecular flexibility index (Phi) is 5.48. The van der Waals surface area contributed by atoms with Gasteiger partial charge in [0.1, 0.15) is 12.4 Å². The third-order valence-corrected chi connectivity index (χ3v) is 5.71. The van der Waals surface area contributed by atoms with Crippen molar-refractivity contribution in [2.45, 2.75) is 51.5 Å². The first-order valence-electron chi connectivity index (χ1n) is 9.47. The zero-order chi connectivity index (χ0) is 17.9. The van der Waals surface area contributed by atoms with Gasteiger partial charge in [0.2, 0.25) is 0 Å². The minimum absolute atomic E-state index is 0.00415. The molecule has 2 aromatic rings. The summed E-state index contributed by atoms with van der Waals surface area (Å²) in [6, 6.07) is 18.1. The number of ether oxygens (including phenoxy) is 1. The molecule has 1 fully saturated rings. The number of aryl methyl sites for hydroxylation is 1. The van der Waals surface area contributed by atoms with Crippen LogP contribution in [0, 0.1) is 6.92 Å². The third-order valence-electron chi connectivity index (χ3n) is 5.71. The van der Waals surface area contributed by atoms with Crippen LogP contribution in [0.4, 0.5) is 0 Å². The summed E-state index contributed by atoms with van der Waals surface area (Å²) in [4.78, 5) is 2.43. The van der Waals surface area contributed by atoms with Gasteiger partial charge in [-0.05, 0) is 56.6 Å². The highest BCUT2D eigenvalue weighted by Gasteiger charge is 2.23. The molecule has 0 amide bonds. The van der Waals surface area contributed by atoms with Gasteiger partial charge < -0.3 is 9.64 Å². The van der Waals surface area contributed by atoms with Gasteiger partial charge in [-0.2, -0.15) is 0 Å². The molecule has 1 saturated heterocycles. The van der Waals surface area contributed by atoms with Crippen molar-refractivity contribution in [2.24, 2.45) is 0 Å². The fourth-order valence-corrected chi connectivity index (χ4v) is 3.65. The van der Waals surface area contributed by atoms with E-state index in [1.807, 2.05) is 0 Å². The quantitative estimate of drug-likeness (QED) is 0.745. The molecule has 1 aliphatic heterocycles. The van der Waals surface area contributed by atoms with Crippen molar-refractivity contribution in [3.05, 3.63) is 65.2 Å². The van der Waals surface area contributed by atoms with Crippen molar-refractivity contribution in [1.82, 2.24) is 4.90 Å². The molecule has 1 unspecified atom stereocenters. The van der Waals surface area contributed by atoms with E-state index in [9.17, 15) is 0 Å². The van der Waals surface area contributed by atoms with Crippen molar-refractivity contribution in [2.75, 3.05) is 20.2 Å². The lowest BCUT2D eigenvalue weighted by molar-refractivity contribution is 0.125. The van der Waals surface area contributed by atoms with E-state index in [1.54, 1.807) is 0 Å². The summed E-state index contributed by atoms with van der Waals surface area (Å²) in [7, 11) is 2.21. The largest absolute Gasteiger partial charge is 0.492 e. The van der Waals surface area contributed by atoms with Crippen molar-refractivity contribution >= 4 is 0 Å². The highest BCUT2D eigenvalue weighted by Crippen LogP contribution is 2.32. The second-order valence-electron chi connectivity index (χ2n) is 7.96. The summed E-state index contributed by atoms with van der Waals surface area (Å²) in [5.41, 5.74) is 3.96. The summed E-state index contributed by atoms with van der Waals surface area (Å²) < 4.78 is 6.06. The summed E-state index contributed by atoms with van der Waals surface area (Å²) in [5.74, 6) is 0.974. The molecule has 0 aromatic heterocycles. The molecule has 0 saturated carbocycles. The highest BCUT2D eigenvalue weighted by atomic mass is 16.5. The van der Waals surface area contributed by atoms with Gasteiger partial charge in [0.15, 0.2) is 0 Å². The molecule has 0 radical (unpaired) electrons. The molecule has 2 aromatic carbocycles. The van der Waals surface area contributed by atoms with Crippen LogP contribution in [0.2, 0.25) is 0 Å². The second kappa shape index (κ2) is 7.61. The number of likely N-dealkylation sites (N-methyl/N-ethyl adjacent to an activating group) is 1. The molecule has 25 heavy (non-hydrogen) atoms. The average Bonchev–Trinajstić information content (AvgIpc) is 2.62. The number of benzene rings is 2. The highest BCUT2D eigenvalue weighted by molar-refractivity contribution is 5.40. The van der Waals surface area contributed by atoms with Crippen LogP contribution in [0.3, 0.4) is 0 Å². The van der Waals surface area contributed by atoms with Gasteiger partial charge in [-0.15, -0.1) is 0 Å². The van der Waals surface area contributed by atoms with Crippen LogP contribution in [0.15, 0.2) is 48.5 Å². The van der Waals surface area contributed by atoms with E-state index in [-0.39, 0.29) is 5.41 Å². The molecular formula is C23H31NO. The molecule has 0 bridgehead atoms. The number of rotatable bonds is 5. The molecule has 3 rings (SSSR count). The summed E-state index contributed by atoms with van der Waals surface area (Å²) in [6.07, 6.45) is 3.88. The third kappa shape index (κ3) is 4.24. The Morgan fingerprint density at radius 2 is 1.56 bits per heavy atom. The van der Waals surface area contributed by atoms with E-state index in [4.69, 9.17) is 4.74 Å². The van der Waals surface area contributed by atoms with Gasteiger partial charge in [-0.1, -0.05) is 62.2 Å². The predicted octanol–water partition coefficient (Wildman–Crippen LogP) is 5.18. The number of piperidine rings is 1. The molecular weight excluding hydrogens is 306 g/mol. The molecule has 0 aliphatic carbocycles. The molecule has 134 valence electrons. The maximum absolute atomic E-state index is 6.06. The second-order valence-corrected chi connectivity index (χ2v) is 7.96. The Hall–Kier alpha value is -1.80. The van der Waals surface area contributed by atoms with Crippen LogP contribution in [0.1, 0.15) is 49.8 Å². The van der Waals surface area contributed by atoms with Crippen LogP contribution < -0.4 is 4.74 Å². The molecule has 2 nitrogen and oxygen atoms in total. The smallest absolute Gasteiger partial charge is 0.119 e. The average molecular weight is 338 g/mol. The Bertz CT molecular complexity index is 672. The van der Waals surface area contributed by atoms with Crippen molar-refractivity contribution in [1.29, 1.82) is 0 Å². The fourth-order valence-electron chi connectivity index (χ4n) is 3.65. The van der Waals surface area contributed by atoms with E-state index in [1.165, 1.54) is 42.5 Å². The molecule has 1 atom stereocenters. The van der Waals surface area contributed by atoms with Gasteiger partial charge in [-0.3, -0.25) is 0 Å². The molecule has 1 aliphatic rings. The van der Waals surface area contributed by atoms with Crippen molar-refractivity contribution in [3.63, 3.8) is 0 Å². The topological polar surface area (TPSA) is 12.5 Å². The Balaban J connectivity index is 1.66. The van der Waals surface area contributed by atoms with Crippen molar-refractivity contribution < 1.29 is 4.74 Å². The van der Waals surface area contributed by atoms with Crippen LogP contribution in [-0.2, 0) is 5.41 Å². The number of nitrogens with zero attached hydrogens (tertiary/aromatic N) is 1. The molecule has 0 spiro atoms. The van der Waals surface area contributed by atoms with Crippen LogP contribution in [-0.4, -0.2) is 31.1 Å². The molecule has 1 heterocycles. The first kappa shape index (κ1) is 18.0. The van der Waals surface area contributed by atoms with Gasteiger partial charge in [-0.25, -0.2) is 0 Å². The first-order chi connectivity index (χ1) is 12.0. The number of likely N-dealkylation sites (tertiary alicyclic amines) is 1. The lowest BCUT2D eigenvalue weighted by atomic mass is 9.78. The zero-order valence-electron chi connectivity index (χ0n) is 16.1. The van der Waals surface area contributed by atoms with Crippen LogP contribution in [0.5, 0.6) is 5.75 Å². The Labute approximate surface area is 152 Å². The van der Waals surface area contributed by atoms with Gasteiger partial charge >= 0.3 is 0 Å². The standard InChI is InChI=1S/C23H31NO/c1-18-8-10-19(11-9-18)23(2,3)20-12-14-22(15-13-20)25-17-21-7-5-6-16-24(21)4/h8-15,21H,5-7,16-17H2,1-4H3. The summed E-state index contributed by atoms with van der Waals surface area (Å²) in [6.45, 7) is 8.68. The monoisotopic (exact) mass is 337 g/mol. The SMILES string of the molecule is Cc1ccc(C(C)(C)c2ccc(OCC3CCCCN3C)cc2)cc1. The lowest BCUT2D eigenvalue weighted by Gasteiger charge is -2.32. The summed E-state index contributed by atoms with van der Waals surface area (Å²) >= 11 is 0. The fraction of sp³-hybridized carbons (Fsp3) is 0.478. The Morgan fingerprint density at radius 1 is 0.960 bits per heavy atom. The minimum Gasteiger partial charge on any atom is -0.492 e. The normalized spacial score (nSPS) is 19.0. The van der Waals surface area contributed by atoms with E-state index < -0.39 is 0 Å². The van der Waals surface area contributed by atoms with Crippen LogP contribution >= 0.6 is 0 Å². The number of hydrogen-bond donors (Lipinski definition) is 0. The van der Waals surface area contributed by atoms with Gasteiger partial charge in [0.25, 0.3) is 0 Å². The maximum Gasteiger partial charge on any atom is 0.119 e. The van der Waals surface area contributed by atoms with Crippen molar-refractivity contribution in [3.8, 4) is 5.75 Å². The lowest BCUT2D eigenvalue weighted by Crippen LogP contribution is -2.40. The van der Waals surface area contributed by atoms with E-state index in [2.05, 4.69) is 81.2 Å².